The van der Waals surface area contributed by atoms with E-state index >= 15 is 0 Å². The first-order valence-corrected chi connectivity index (χ1v) is 9.26. The van der Waals surface area contributed by atoms with E-state index in [1.54, 1.807) is 29.6 Å². The maximum Gasteiger partial charge on any atom is 0.244 e. The first kappa shape index (κ1) is 15.3. The zero-order valence-electron chi connectivity index (χ0n) is 11.8. The number of ether oxygens (including phenoxy) is 1. The molecule has 3 unspecified atom stereocenters. The van der Waals surface area contributed by atoms with Crippen LogP contribution >= 0.6 is 15.9 Å². The van der Waals surface area contributed by atoms with Crippen molar-refractivity contribution in [2.75, 3.05) is 20.2 Å². The Morgan fingerprint density at radius 1 is 1.33 bits per heavy atom. The van der Waals surface area contributed by atoms with Crippen LogP contribution in [0.2, 0.25) is 0 Å². The molecule has 1 aromatic rings. The van der Waals surface area contributed by atoms with Crippen LogP contribution in [-0.4, -0.2) is 39.0 Å². The number of fused-ring (bicyclic) bond motifs is 1. The van der Waals surface area contributed by atoms with Gasteiger partial charge in [0.1, 0.15) is 5.75 Å². The van der Waals surface area contributed by atoms with Crippen molar-refractivity contribution in [2.24, 2.45) is 17.6 Å². The normalized spacial score (nSPS) is 29.6. The van der Waals surface area contributed by atoms with Crippen LogP contribution in [0.15, 0.2) is 27.6 Å². The Morgan fingerprint density at radius 3 is 2.71 bits per heavy atom. The molecule has 3 atom stereocenters. The van der Waals surface area contributed by atoms with Crippen LogP contribution in [-0.2, 0) is 10.0 Å². The summed E-state index contributed by atoms with van der Waals surface area (Å²) in [6, 6.07) is 5.07. The van der Waals surface area contributed by atoms with Gasteiger partial charge in [-0.05, 0) is 58.8 Å². The van der Waals surface area contributed by atoms with Gasteiger partial charge in [0.15, 0.2) is 0 Å². The second-order valence-electron chi connectivity index (χ2n) is 5.78. The van der Waals surface area contributed by atoms with Crippen molar-refractivity contribution in [3.05, 3.63) is 22.7 Å². The Morgan fingerprint density at radius 2 is 2.10 bits per heavy atom. The Hall–Kier alpha value is -0.630. The third-order valence-corrected chi connectivity index (χ3v) is 7.44. The van der Waals surface area contributed by atoms with Crippen LogP contribution in [0.1, 0.15) is 12.8 Å². The third-order valence-electron chi connectivity index (χ3n) is 4.64. The van der Waals surface area contributed by atoms with Gasteiger partial charge in [0, 0.05) is 23.6 Å². The second kappa shape index (κ2) is 5.53. The van der Waals surface area contributed by atoms with Gasteiger partial charge in [-0.15, -0.1) is 0 Å². The summed E-state index contributed by atoms with van der Waals surface area (Å²) in [5.74, 6) is 1.34. The molecular formula is C14H19BrN2O3S. The summed E-state index contributed by atoms with van der Waals surface area (Å²) < 4.78 is 32.8. The summed E-state index contributed by atoms with van der Waals surface area (Å²) in [6.45, 7) is 1.12. The number of methoxy groups -OCH3 is 1. The van der Waals surface area contributed by atoms with Crippen molar-refractivity contribution in [1.82, 2.24) is 4.31 Å². The summed E-state index contributed by atoms with van der Waals surface area (Å²) in [5, 5.41) is 0. The molecule has 0 radical (unpaired) electrons. The van der Waals surface area contributed by atoms with Gasteiger partial charge < -0.3 is 10.5 Å². The second-order valence-corrected chi connectivity index (χ2v) is 8.54. The lowest BCUT2D eigenvalue weighted by Crippen LogP contribution is -2.33. The van der Waals surface area contributed by atoms with E-state index < -0.39 is 10.0 Å². The largest absolute Gasteiger partial charge is 0.497 e. The van der Waals surface area contributed by atoms with E-state index in [2.05, 4.69) is 15.9 Å². The molecule has 2 fully saturated rings. The van der Waals surface area contributed by atoms with Gasteiger partial charge in [-0.3, -0.25) is 0 Å². The van der Waals surface area contributed by atoms with Crippen molar-refractivity contribution in [3.8, 4) is 5.75 Å². The molecule has 0 amide bonds. The van der Waals surface area contributed by atoms with Crippen LogP contribution < -0.4 is 10.5 Å². The topological polar surface area (TPSA) is 72.6 Å². The molecule has 3 rings (SSSR count). The van der Waals surface area contributed by atoms with Gasteiger partial charge in [-0.1, -0.05) is 0 Å². The van der Waals surface area contributed by atoms with Gasteiger partial charge in [0.2, 0.25) is 10.0 Å². The van der Waals surface area contributed by atoms with Gasteiger partial charge >= 0.3 is 0 Å². The number of halogens is 1. The quantitative estimate of drug-likeness (QED) is 0.875. The lowest BCUT2D eigenvalue weighted by Gasteiger charge is -2.19. The molecule has 1 aliphatic carbocycles. The van der Waals surface area contributed by atoms with Crippen molar-refractivity contribution in [2.45, 2.75) is 23.8 Å². The van der Waals surface area contributed by atoms with Crippen molar-refractivity contribution in [3.63, 3.8) is 0 Å². The minimum absolute atomic E-state index is 0.134. The summed E-state index contributed by atoms with van der Waals surface area (Å²) in [4.78, 5) is 0.289. The van der Waals surface area contributed by atoms with E-state index in [0.29, 0.717) is 35.1 Å². The number of nitrogens with two attached hydrogens (primary N) is 1. The van der Waals surface area contributed by atoms with Crippen LogP contribution in [0, 0.1) is 11.8 Å². The number of hydrogen-bond donors (Lipinski definition) is 1. The minimum atomic E-state index is -3.48. The Balaban J connectivity index is 1.88. The highest BCUT2D eigenvalue weighted by Gasteiger charge is 2.45. The average molecular weight is 375 g/mol. The molecule has 2 aliphatic rings. The van der Waals surface area contributed by atoms with Gasteiger partial charge in [-0.25, -0.2) is 8.42 Å². The fourth-order valence-corrected chi connectivity index (χ4v) is 5.97. The predicted octanol–water partition coefficient (Wildman–Crippen LogP) is 1.82. The van der Waals surface area contributed by atoms with Crippen molar-refractivity contribution >= 4 is 26.0 Å². The molecule has 1 heterocycles. The summed E-state index contributed by atoms with van der Waals surface area (Å²) in [7, 11) is -1.93. The first-order valence-electron chi connectivity index (χ1n) is 7.02. The summed E-state index contributed by atoms with van der Waals surface area (Å²) in [5.41, 5.74) is 6.08. The molecule has 21 heavy (non-hydrogen) atoms. The highest BCUT2D eigenvalue weighted by molar-refractivity contribution is 9.10. The molecule has 0 aromatic heterocycles. The Kier molecular flexibility index (Phi) is 4.02. The van der Waals surface area contributed by atoms with E-state index in [-0.39, 0.29) is 10.9 Å². The SMILES string of the molecule is COc1ccc(S(=O)(=O)N2CC3CCC(N)C3C2)c(Br)c1. The Labute approximate surface area is 133 Å². The fraction of sp³-hybridized carbons (Fsp3) is 0.571. The Bertz CT molecular complexity index is 650. The molecule has 116 valence electrons. The molecule has 5 nitrogen and oxygen atoms in total. The number of nitrogens with zero attached hydrogens (tertiary/aromatic N) is 1. The van der Waals surface area contributed by atoms with Crippen molar-refractivity contribution in [1.29, 1.82) is 0 Å². The van der Waals surface area contributed by atoms with Crippen molar-refractivity contribution < 1.29 is 13.2 Å². The van der Waals surface area contributed by atoms with E-state index in [9.17, 15) is 8.42 Å². The number of benzene rings is 1. The monoisotopic (exact) mass is 374 g/mol. The standard InChI is InChI=1S/C14H19BrN2O3S/c1-20-10-3-5-14(12(15)6-10)21(18,19)17-7-9-2-4-13(16)11(9)8-17/h3,5-6,9,11,13H,2,4,7-8,16H2,1H3. The average Bonchev–Trinajstić information content (AvgIpc) is 3.01. The zero-order valence-corrected chi connectivity index (χ0v) is 14.2. The molecular weight excluding hydrogens is 356 g/mol. The molecule has 1 saturated heterocycles. The highest BCUT2D eigenvalue weighted by atomic mass is 79.9. The van der Waals surface area contributed by atoms with Gasteiger partial charge in [0.05, 0.1) is 12.0 Å². The van der Waals surface area contributed by atoms with Gasteiger partial charge in [-0.2, -0.15) is 4.31 Å². The smallest absolute Gasteiger partial charge is 0.244 e. The molecule has 7 heteroatoms. The van der Waals surface area contributed by atoms with Crippen LogP contribution in [0.25, 0.3) is 0 Å². The minimum Gasteiger partial charge on any atom is -0.497 e. The lowest BCUT2D eigenvalue weighted by molar-refractivity contribution is 0.413. The molecule has 0 spiro atoms. The maximum absolute atomic E-state index is 12.8. The molecule has 1 saturated carbocycles. The zero-order chi connectivity index (χ0) is 15.2. The summed E-state index contributed by atoms with van der Waals surface area (Å²) >= 11 is 3.33. The highest BCUT2D eigenvalue weighted by Crippen LogP contribution is 2.40. The molecule has 0 bridgehead atoms. The number of hydrogen-bond acceptors (Lipinski definition) is 4. The predicted molar refractivity (Wildman–Crippen MR) is 83.6 cm³/mol. The van der Waals surface area contributed by atoms with E-state index in [4.69, 9.17) is 10.5 Å². The number of rotatable bonds is 3. The van der Waals surface area contributed by atoms with E-state index in [1.807, 2.05) is 0 Å². The number of sulfonamides is 1. The molecule has 2 N–H and O–H groups in total. The lowest BCUT2D eigenvalue weighted by atomic mass is 9.98. The third kappa shape index (κ3) is 2.60. The summed E-state index contributed by atoms with van der Waals surface area (Å²) in [6.07, 6.45) is 2.04. The first-order chi connectivity index (χ1) is 9.93. The van der Waals surface area contributed by atoms with Crippen LogP contribution in [0.4, 0.5) is 0 Å². The van der Waals surface area contributed by atoms with Gasteiger partial charge in [0.25, 0.3) is 0 Å². The maximum atomic E-state index is 12.8. The van der Waals surface area contributed by atoms with E-state index in [0.717, 1.165) is 12.8 Å². The molecule has 1 aromatic carbocycles. The molecule has 1 aliphatic heterocycles. The van der Waals surface area contributed by atoms with Crippen LogP contribution in [0.3, 0.4) is 0 Å². The van der Waals surface area contributed by atoms with Crippen LogP contribution in [0.5, 0.6) is 5.75 Å². The fourth-order valence-electron chi connectivity index (χ4n) is 3.42. The van der Waals surface area contributed by atoms with E-state index in [1.165, 1.54) is 0 Å².